The van der Waals surface area contributed by atoms with Gasteiger partial charge in [-0.15, -0.1) is 12.4 Å². The van der Waals surface area contributed by atoms with Crippen molar-refractivity contribution in [1.29, 1.82) is 0 Å². The van der Waals surface area contributed by atoms with Crippen LogP contribution in [0.2, 0.25) is 0 Å². The zero-order valence-electron chi connectivity index (χ0n) is 20.8. The van der Waals surface area contributed by atoms with Gasteiger partial charge in [0.05, 0.1) is 0 Å². The Morgan fingerprint density at radius 2 is 1.16 bits per heavy atom. The van der Waals surface area contributed by atoms with Crippen LogP contribution in [0.15, 0.2) is 0 Å². The minimum Gasteiger partial charge on any atom is -0.447 e. The average molecular weight is 454 g/mol. The van der Waals surface area contributed by atoms with Gasteiger partial charge in [0.1, 0.15) is 0 Å². The summed E-state index contributed by atoms with van der Waals surface area (Å²) in [6, 6.07) is 0. The van der Waals surface area contributed by atoms with Crippen LogP contribution in [-0.2, 0) is 9.53 Å². The van der Waals surface area contributed by atoms with Gasteiger partial charge in [0.2, 0.25) is 0 Å². The molecule has 0 spiro atoms. The summed E-state index contributed by atoms with van der Waals surface area (Å²) in [4.78, 5) is 13.6. The molecule has 4 heteroatoms. The molecule has 0 saturated carbocycles. The zero-order valence-corrected chi connectivity index (χ0v) is 21.6. The number of rotatable bonds is 18. The number of carbonyl (C=O) groups is 1. The second kappa shape index (κ2) is 25.1. The van der Waals surface area contributed by atoms with E-state index in [1.165, 1.54) is 70.6 Å². The number of unbranched alkanes of at least 4 members (excludes halogenated alkanes) is 14. The van der Waals surface area contributed by atoms with Crippen LogP contribution in [0.4, 0.5) is 0 Å². The number of esters is 1. The highest BCUT2D eigenvalue weighted by Gasteiger charge is 2.10. The Hall–Kier alpha value is -1.16. The highest BCUT2D eigenvalue weighted by Crippen LogP contribution is 2.10. The fraction of sp³-hybridized carbons (Fsp3) is 0.815. The number of ether oxygens (including phenoxy) is 1. The number of nitrogens with zero attached hydrogens (tertiary/aromatic N) is 1. The normalized spacial score (nSPS) is 11.0. The fourth-order valence-corrected chi connectivity index (χ4v) is 3.11. The number of hydrogen-bond donors (Lipinski definition) is 0. The van der Waals surface area contributed by atoms with E-state index in [1.807, 2.05) is 25.9 Å². The van der Waals surface area contributed by atoms with E-state index in [2.05, 4.69) is 30.6 Å². The molecule has 0 N–H and O–H groups in total. The van der Waals surface area contributed by atoms with Crippen molar-refractivity contribution in [3.63, 3.8) is 0 Å². The largest absolute Gasteiger partial charge is 0.447 e. The van der Waals surface area contributed by atoms with Crippen molar-refractivity contribution < 1.29 is 9.53 Å². The first kappa shape index (κ1) is 32.0. The summed E-state index contributed by atoms with van der Waals surface area (Å²) in [5.41, 5.74) is 0. The average Bonchev–Trinajstić information content (AvgIpc) is 2.72. The molecule has 0 aromatic heterocycles. The first-order valence-electron chi connectivity index (χ1n) is 12.4. The van der Waals surface area contributed by atoms with Crippen molar-refractivity contribution in [1.82, 2.24) is 4.90 Å². The maximum Gasteiger partial charge on any atom is 0.307 e. The molecule has 0 aliphatic rings. The summed E-state index contributed by atoms with van der Waals surface area (Å²) in [5.74, 6) is 12.3. The molecule has 0 aliphatic heterocycles. The molecule has 0 amide bonds. The van der Waals surface area contributed by atoms with Crippen LogP contribution in [0.1, 0.15) is 123 Å². The zero-order chi connectivity index (χ0) is 22.3. The van der Waals surface area contributed by atoms with Crippen LogP contribution in [0.25, 0.3) is 0 Å². The van der Waals surface area contributed by atoms with Crippen LogP contribution in [0, 0.1) is 23.7 Å². The van der Waals surface area contributed by atoms with Gasteiger partial charge in [0.25, 0.3) is 0 Å². The molecule has 31 heavy (non-hydrogen) atoms. The van der Waals surface area contributed by atoms with Crippen molar-refractivity contribution in [3.05, 3.63) is 0 Å². The third-order valence-electron chi connectivity index (χ3n) is 5.36. The molecular weight excluding hydrogens is 406 g/mol. The Morgan fingerprint density at radius 1 is 0.742 bits per heavy atom. The van der Waals surface area contributed by atoms with Crippen molar-refractivity contribution >= 4 is 18.4 Å². The van der Waals surface area contributed by atoms with Gasteiger partial charge in [0.15, 0.2) is 6.23 Å². The van der Waals surface area contributed by atoms with E-state index in [0.29, 0.717) is 6.42 Å². The maximum absolute atomic E-state index is 11.7. The van der Waals surface area contributed by atoms with Crippen LogP contribution in [-0.4, -0.2) is 31.2 Å². The smallest absolute Gasteiger partial charge is 0.307 e. The van der Waals surface area contributed by atoms with Gasteiger partial charge in [-0.25, -0.2) is 0 Å². The van der Waals surface area contributed by atoms with Gasteiger partial charge < -0.3 is 4.74 Å². The van der Waals surface area contributed by atoms with Crippen LogP contribution in [0.5, 0.6) is 0 Å². The van der Waals surface area contributed by atoms with Gasteiger partial charge >= 0.3 is 5.97 Å². The van der Waals surface area contributed by atoms with E-state index in [1.54, 1.807) is 0 Å². The van der Waals surface area contributed by atoms with Gasteiger partial charge in [-0.3, -0.25) is 9.69 Å². The summed E-state index contributed by atoms with van der Waals surface area (Å²) in [5, 5.41) is 0. The Balaban J connectivity index is 0. The summed E-state index contributed by atoms with van der Waals surface area (Å²) in [6.45, 7) is 4.16. The van der Waals surface area contributed by atoms with E-state index in [4.69, 9.17) is 4.74 Å². The van der Waals surface area contributed by atoms with Crippen LogP contribution < -0.4 is 0 Å². The van der Waals surface area contributed by atoms with Gasteiger partial charge in [-0.1, -0.05) is 89.4 Å². The Morgan fingerprint density at radius 3 is 1.61 bits per heavy atom. The Labute approximate surface area is 199 Å². The monoisotopic (exact) mass is 453 g/mol. The minimum atomic E-state index is -0.145. The van der Waals surface area contributed by atoms with Gasteiger partial charge in [-0.05, 0) is 52.1 Å². The predicted octanol–water partition coefficient (Wildman–Crippen LogP) is 7.52. The SMILES string of the molecule is CCCCCCCCCCC#CC#CCCCCCCCCC(=O)OC(C)N(C)C.Cl. The summed E-state index contributed by atoms with van der Waals surface area (Å²) < 4.78 is 5.31. The molecule has 0 fully saturated rings. The van der Waals surface area contributed by atoms with E-state index in [0.717, 1.165) is 32.1 Å². The van der Waals surface area contributed by atoms with Crippen molar-refractivity contribution in [2.24, 2.45) is 0 Å². The van der Waals surface area contributed by atoms with Crippen LogP contribution in [0.3, 0.4) is 0 Å². The van der Waals surface area contributed by atoms with E-state index in [-0.39, 0.29) is 24.6 Å². The van der Waals surface area contributed by atoms with E-state index >= 15 is 0 Å². The molecule has 0 aromatic rings. The standard InChI is InChI=1S/C27H47NO2.ClH/c1-5-6-7-8-9-10-11-12-13-14-15-16-17-18-19-20-21-22-23-24-25-27(29)30-26(2)28(3)4;/h26H,5-13,18-25H2,1-4H3;1H. The first-order chi connectivity index (χ1) is 14.6. The number of carbonyl (C=O) groups excluding carboxylic acids is 1. The van der Waals surface area contributed by atoms with Gasteiger partial charge in [-0.2, -0.15) is 0 Å². The molecule has 0 heterocycles. The lowest BCUT2D eigenvalue weighted by molar-refractivity contribution is -0.155. The lowest BCUT2D eigenvalue weighted by Gasteiger charge is -2.19. The second-order valence-corrected chi connectivity index (χ2v) is 8.50. The summed E-state index contributed by atoms with van der Waals surface area (Å²) >= 11 is 0. The molecule has 0 aromatic carbocycles. The van der Waals surface area contributed by atoms with E-state index < -0.39 is 0 Å². The summed E-state index contributed by atoms with van der Waals surface area (Å²) in [7, 11) is 3.82. The van der Waals surface area contributed by atoms with Crippen molar-refractivity contribution in [2.75, 3.05) is 14.1 Å². The Bertz CT molecular complexity index is 525. The Kier molecular flexibility index (Phi) is 25.9. The number of hydrogen-bond acceptors (Lipinski definition) is 3. The third-order valence-corrected chi connectivity index (χ3v) is 5.36. The topological polar surface area (TPSA) is 29.5 Å². The molecule has 3 nitrogen and oxygen atoms in total. The molecule has 0 radical (unpaired) electrons. The molecule has 180 valence electrons. The van der Waals surface area contributed by atoms with Crippen LogP contribution >= 0.6 is 12.4 Å². The van der Waals surface area contributed by atoms with E-state index in [9.17, 15) is 4.79 Å². The highest BCUT2D eigenvalue weighted by atomic mass is 35.5. The maximum atomic E-state index is 11.7. The quantitative estimate of drug-likeness (QED) is 0.0929. The lowest BCUT2D eigenvalue weighted by atomic mass is 10.1. The third kappa shape index (κ3) is 25.0. The van der Waals surface area contributed by atoms with Crippen molar-refractivity contribution in [2.45, 2.75) is 129 Å². The fourth-order valence-electron chi connectivity index (χ4n) is 3.11. The molecule has 0 bridgehead atoms. The number of halogens is 1. The molecular formula is C27H48ClNO2. The lowest BCUT2D eigenvalue weighted by Crippen LogP contribution is -2.29. The second-order valence-electron chi connectivity index (χ2n) is 8.50. The predicted molar refractivity (Wildman–Crippen MR) is 136 cm³/mol. The molecule has 1 unspecified atom stereocenters. The molecule has 0 saturated heterocycles. The van der Waals surface area contributed by atoms with Crippen molar-refractivity contribution in [3.8, 4) is 23.7 Å². The molecule has 0 aliphatic carbocycles. The summed E-state index contributed by atoms with van der Waals surface area (Å²) in [6.07, 6.45) is 19.9. The molecule has 1 atom stereocenters. The highest BCUT2D eigenvalue weighted by molar-refractivity contribution is 5.85. The first-order valence-corrected chi connectivity index (χ1v) is 12.4. The molecule has 0 rings (SSSR count). The minimum absolute atomic E-state index is 0. The van der Waals surface area contributed by atoms with Gasteiger partial charge in [0, 0.05) is 19.3 Å².